The van der Waals surface area contributed by atoms with Gasteiger partial charge in [0.15, 0.2) is 11.0 Å². The first-order valence-corrected chi connectivity index (χ1v) is 12.3. The van der Waals surface area contributed by atoms with Gasteiger partial charge in [0.2, 0.25) is 5.91 Å². The molecule has 180 valence electrons. The molecule has 0 unspecified atom stereocenters. The van der Waals surface area contributed by atoms with Gasteiger partial charge in [-0.2, -0.15) is 0 Å². The fourth-order valence-corrected chi connectivity index (χ4v) is 4.83. The number of aromatic nitrogens is 4. The Morgan fingerprint density at radius 3 is 2.37 bits per heavy atom. The number of hydrazine groups is 1. The van der Waals surface area contributed by atoms with Gasteiger partial charge in [-0.15, -0.1) is 10.2 Å². The van der Waals surface area contributed by atoms with Crippen molar-refractivity contribution in [2.24, 2.45) is 0 Å². The van der Waals surface area contributed by atoms with E-state index in [-0.39, 0.29) is 17.6 Å². The maximum absolute atomic E-state index is 12.8. The molecule has 0 aliphatic carbocycles. The zero-order valence-corrected chi connectivity index (χ0v) is 21.0. The zero-order chi connectivity index (χ0) is 24.9. The second kappa shape index (κ2) is 10.6. The van der Waals surface area contributed by atoms with Crippen molar-refractivity contribution in [3.05, 3.63) is 83.2 Å². The molecular formula is C26H28N6O2S. The minimum atomic E-state index is -0.364. The SMILES string of the molecule is CCn1c(SCC(=O)NNC(=O)c2cc(C)n(-c3ccccc3)c2C)nnc1-c1ccccc1C. The highest BCUT2D eigenvalue weighted by Gasteiger charge is 2.18. The number of benzene rings is 2. The molecule has 0 aliphatic rings. The topological polar surface area (TPSA) is 93.8 Å². The number of rotatable bonds is 7. The lowest BCUT2D eigenvalue weighted by atomic mass is 10.1. The van der Waals surface area contributed by atoms with E-state index in [4.69, 9.17) is 0 Å². The molecule has 0 fully saturated rings. The number of thioether (sulfide) groups is 1. The molecule has 0 aliphatic heterocycles. The largest absolute Gasteiger partial charge is 0.318 e. The molecule has 0 bridgehead atoms. The molecule has 0 saturated carbocycles. The van der Waals surface area contributed by atoms with Gasteiger partial charge in [-0.3, -0.25) is 20.4 Å². The van der Waals surface area contributed by atoms with E-state index >= 15 is 0 Å². The molecule has 35 heavy (non-hydrogen) atoms. The minimum Gasteiger partial charge on any atom is -0.318 e. The normalized spacial score (nSPS) is 10.9. The third kappa shape index (κ3) is 5.14. The summed E-state index contributed by atoms with van der Waals surface area (Å²) in [5, 5.41) is 9.27. The molecular weight excluding hydrogens is 460 g/mol. The van der Waals surface area contributed by atoms with Crippen LogP contribution in [0.5, 0.6) is 0 Å². The molecule has 8 nitrogen and oxygen atoms in total. The van der Waals surface area contributed by atoms with Crippen LogP contribution in [0.1, 0.15) is 34.2 Å². The lowest BCUT2D eigenvalue weighted by molar-refractivity contribution is -0.119. The monoisotopic (exact) mass is 488 g/mol. The molecule has 0 saturated heterocycles. The van der Waals surface area contributed by atoms with Crippen LogP contribution in [0.2, 0.25) is 0 Å². The van der Waals surface area contributed by atoms with Gasteiger partial charge in [-0.25, -0.2) is 0 Å². The van der Waals surface area contributed by atoms with E-state index in [1.165, 1.54) is 11.8 Å². The highest BCUT2D eigenvalue weighted by atomic mass is 32.2. The highest BCUT2D eigenvalue weighted by molar-refractivity contribution is 7.99. The Bertz CT molecular complexity index is 1360. The Balaban J connectivity index is 1.38. The zero-order valence-electron chi connectivity index (χ0n) is 20.2. The van der Waals surface area contributed by atoms with Crippen LogP contribution >= 0.6 is 11.8 Å². The number of nitrogens with zero attached hydrogens (tertiary/aromatic N) is 4. The third-order valence-electron chi connectivity index (χ3n) is 5.76. The minimum absolute atomic E-state index is 0.0925. The van der Waals surface area contributed by atoms with Gasteiger partial charge in [-0.05, 0) is 51.5 Å². The van der Waals surface area contributed by atoms with Gasteiger partial charge in [0.1, 0.15) is 0 Å². The number of nitrogens with one attached hydrogen (secondary N) is 2. The third-order valence-corrected chi connectivity index (χ3v) is 6.72. The van der Waals surface area contributed by atoms with E-state index in [1.54, 1.807) is 0 Å². The van der Waals surface area contributed by atoms with Crippen molar-refractivity contribution in [1.29, 1.82) is 0 Å². The number of carbonyl (C=O) groups is 2. The van der Waals surface area contributed by atoms with E-state index in [9.17, 15) is 9.59 Å². The standard InChI is InChI=1S/C26H28N6O2S/c1-5-31-24(21-14-10-9-11-17(21)2)28-30-26(31)35-16-23(33)27-29-25(34)22-15-18(3)32(19(22)4)20-12-7-6-8-13-20/h6-15H,5,16H2,1-4H3,(H,27,33)(H,29,34). The van der Waals surface area contributed by atoms with Crippen LogP contribution in [0.15, 0.2) is 65.8 Å². The van der Waals surface area contributed by atoms with Gasteiger partial charge in [0.25, 0.3) is 5.91 Å². The Morgan fingerprint density at radius 2 is 1.66 bits per heavy atom. The number of aryl methyl sites for hydroxylation is 2. The lowest BCUT2D eigenvalue weighted by Gasteiger charge is -2.11. The summed E-state index contributed by atoms with van der Waals surface area (Å²) in [5.74, 6) is 0.172. The van der Waals surface area contributed by atoms with Crippen LogP contribution in [-0.4, -0.2) is 36.9 Å². The molecule has 2 amide bonds. The molecule has 0 radical (unpaired) electrons. The van der Waals surface area contributed by atoms with Crippen LogP contribution in [0.3, 0.4) is 0 Å². The van der Waals surface area contributed by atoms with Crippen LogP contribution in [0.4, 0.5) is 0 Å². The summed E-state index contributed by atoms with van der Waals surface area (Å²) in [4.78, 5) is 25.2. The van der Waals surface area contributed by atoms with E-state index < -0.39 is 0 Å². The van der Waals surface area contributed by atoms with Gasteiger partial charge in [0.05, 0.1) is 11.3 Å². The predicted molar refractivity (Wildman–Crippen MR) is 137 cm³/mol. The fourth-order valence-electron chi connectivity index (χ4n) is 4.03. The summed E-state index contributed by atoms with van der Waals surface area (Å²) < 4.78 is 3.99. The maximum Gasteiger partial charge on any atom is 0.271 e. The van der Waals surface area contributed by atoms with Crippen LogP contribution in [-0.2, 0) is 11.3 Å². The van der Waals surface area contributed by atoms with Crippen molar-refractivity contribution >= 4 is 23.6 Å². The van der Waals surface area contributed by atoms with Crippen molar-refractivity contribution in [3.63, 3.8) is 0 Å². The summed E-state index contributed by atoms with van der Waals surface area (Å²) >= 11 is 1.28. The maximum atomic E-state index is 12.8. The van der Waals surface area contributed by atoms with Gasteiger partial charge >= 0.3 is 0 Å². The van der Waals surface area contributed by atoms with E-state index in [2.05, 4.69) is 21.0 Å². The summed E-state index contributed by atoms with van der Waals surface area (Å²) in [6.07, 6.45) is 0. The van der Waals surface area contributed by atoms with Crippen LogP contribution in [0.25, 0.3) is 17.1 Å². The van der Waals surface area contributed by atoms with Crippen molar-refractivity contribution in [2.75, 3.05) is 5.75 Å². The second-order valence-corrected chi connectivity index (χ2v) is 9.05. The molecule has 2 aromatic carbocycles. The van der Waals surface area contributed by atoms with E-state index in [0.29, 0.717) is 17.3 Å². The Kier molecular flexibility index (Phi) is 7.36. The summed E-state index contributed by atoms with van der Waals surface area (Å²) in [6, 6.07) is 19.6. The number of carbonyl (C=O) groups excluding carboxylic acids is 2. The molecule has 0 atom stereocenters. The number of hydrogen-bond acceptors (Lipinski definition) is 5. The lowest BCUT2D eigenvalue weighted by Crippen LogP contribution is -2.42. The van der Waals surface area contributed by atoms with Gasteiger partial charge < -0.3 is 9.13 Å². The Morgan fingerprint density at radius 1 is 0.943 bits per heavy atom. The van der Waals surface area contributed by atoms with Crippen molar-refractivity contribution in [3.8, 4) is 17.1 Å². The van der Waals surface area contributed by atoms with Gasteiger partial charge in [-0.1, -0.05) is 54.2 Å². The molecule has 4 aromatic rings. The first-order valence-electron chi connectivity index (χ1n) is 11.4. The first kappa shape index (κ1) is 24.3. The summed E-state index contributed by atoms with van der Waals surface area (Å²) in [5.41, 5.74) is 10.4. The average Bonchev–Trinajstić information content (AvgIpc) is 3.41. The van der Waals surface area contributed by atoms with Crippen molar-refractivity contribution in [2.45, 2.75) is 39.4 Å². The molecule has 0 spiro atoms. The molecule has 2 heterocycles. The summed E-state index contributed by atoms with van der Waals surface area (Å²) in [6.45, 7) is 8.55. The molecule has 4 rings (SSSR count). The number of hydrogen-bond donors (Lipinski definition) is 2. The molecule has 9 heteroatoms. The van der Waals surface area contributed by atoms with Crippen molar-refractivity contribution in [1.82, 2.24) is 30.2 Å². The highest BCUT2D eigenvalue weighted by Crippen LogP contribution is 2.26. The number of para-hydroxylation sites is 1. The van der Waals surface area contributed by atoms with Crippen LogP contribution < -0.4 is 10.9 Å². The fraction of sp³-hybridized carbons (Fsp3) is 0.231. The predicted octanol–water partition coefficient (Wildman–Crippen LogP) is 4.23. The van der Waals surface area contributed by atoms with E-state index in [0.717, 1.165) is 34.0 Å². The second-order valence-electron chi connectivity index (χ2n) is 8.11. The van der Waals surface area contributed by atoms with Gasteiger partial charge in [0, 0.05) is 29.2 Å². The van der Waals surface area contributed by atoms with E-state index in [1.807, 2.05) is 97.5 Å². The Labute approximate surface area is 208 Å². The molecule has 2 N–H and O–H groups in total. The number of amides is 2. The quantitative estimate of drug-likeness (QED) is 0.300. The summed E-state index contributed by atoms with van der Waals surface area (Å²) in [7, 11) is 0. The Hall–Kier alpha value is -3.85. The van der Waals surface area contributed by atoms with Crippen LogP contribution in [0, 0.1) is 20.8 Å². The first-order chi connectivity index (χ1) is 16.9. The smallest absolute Gasteiger partial charge is 0.271 e. The molecule has 2 aromatic heterocycles. The van der Waals surface area contributed by atoms with Crippen molar-refractivity contribution < 1.29 is 9.59 Å². The average molecular weight is 489 g/mol.